The lowest BCUT2D eigenvalue weighted by Gasteiger charge is -2.48. The van der Waals surface area contributed by atoms with Crippen LogP contribution in [0.15, 0.2) is 72.8 Å². The molecule has 4 unspecified atom stereocenters. The highest BCUT2D eigenvalue weighted by Gasteiger charge is 2.38. The van der Waals surface area contributed by atoms with Gasteiger partial charge in [-0.05, 0) is 67.5 Å². The fourth-order valence-corrected chi connectivity index (χ4v) is 6.96. The number of aliphatic hydroxyl groups is 1. The number of aromatic nitrogens is 2. The van der Waals surface area contributed by atoms with E-state index in [2.05, 4.69) is 58.1 Å². The first-order chi connectivity index (χ1) is 20.0. The Labute approximate surface area is 239 Å². The van der Waals surface area contributed by atoms with Gasteiger partial charge in [-0.25, -0.2) is 0 Å². The summed E-state index contributed by atoms with van der Waals surface area (Å²) in [6.07, 6.45) is 3.18. The largest absolute Gasteiger partial charge is 0.393 e. The first-order valence-corrected chi connectivity index (χ1v) is 14.6. The van der Waals surface area contributed by atoms with Crippen molar-refractivity contribution in [1.29, 1.82) is 0 Å². The molecule has 0 aliphatic carbocycles. The molecule has 0 saturated carbocycles. The molecule has 8 heteroatoms. The number of hydrogen-bond acceptors (Lipinski definition) is 6. The molecule has 41 heavy (non-hydrogen) atoms. The number of hydrogen-bond donors (Lipinski definition) is 2. The van der Waals surface area contributed by atoms with Crippen LogP contribution in [0.25, 0.3) is 22.2 Å². The number of anilines is 1. The monoisotopic (exact) mass is 552 g/mol. The molecule has 4 aromatic rings. The molecule has 0 spiro atoms. The van der Waals surface area contributed by atoms with Gasteiger partial charge in [0.05, 0.1) is 43.0 Å². The summed E-state index contributed by atoms with van der Waals surface area (Å²) in [6, 6.07) is 24.9. The minimum atomic E-state index is -0.447. The lowest BCUT2D eigenvalue weighted by Crippen LogP contribution is -2.58. The molecule has 212 valence electrons. The normalized spacial score (nSPS) is 26.3. The zero-order chi connectivity index (χ0) is 27.9. The highest BCUT2D eigenvalue weighted by molar-refractivity contribution is 6.01. The number of nitrogens with two attached hydrogens (primary N) is 1. The van der Waals surface area contributed by atoms with Crippen molar-refractivity contribution < 1.29 is 19.4 Å². The van der Waals surface area contributed by atoms with Gasteiger partial charge in [0.1, 0.15) is 5.69 Å². The molecule has 4 heterocycles. The Morgan fingerprint density at radius 2 is 1.73 bits per heavy atom. The van der Waals surface area contributed by atoms with Crippen LogP contribution in [-0.2, 0) is 16.0 Å². The second kappa shape index (κ2) is 10.9. The zero-order valence-corrected chi connectivity index (χ0v) is 23.1. The van der Waals surface area contributed by atoms with Crippen molar-refractivity contribution in [2.75, 3.05) is 24.7 Å². The number of rotatable bonds is 6. The lowest BCUT2D eigenvalue weighted by atomic mass is 9.91. The van der Waals surface area contributed by atoms with Crippen molar-refractivity contribution >= 4 is 22.5 Å². The molecule has 3 saturated heterocycles. The van der Waals surface area contributed by atoms with Crippen LogP contribution in [0.1, 0.15) is 47.7 Å². The number of carbonyl (C=O) groups excluding carboxylic acids is 1. The van der Waals surface area contributed by atoms with Crippen molar-refractivity contribution in [3.8, 4) is 11.3 Å². The van der Waals surface area contributed by atoms with Gasteiger partial charge < -0.3 is 25.2 Å². The Hall–Kier alpha value is -3.72. The third kappa shape index (κ3) is 5.12. The third-order valence-corrected chi connectivity index (χ3v) is 8.96. The van der Waals surface area contributed by atoms with E-state index in [1.165, 1.54) is 5.56 Å². The second-order valence-electron chi connectivity index (χ2n) is 11.7. The van der Waals surface area contributed by atoms with Gasteiger partial charge in [0, 0.05) is 35.4 Å². The van der Waals surface area contributed by atoms with Crippen LogP contribution in [0.5, 0.6) is 0 Å². The van der Waals surface area contributed by atoms with Gasteiger partial charge in [0.15, 0.2) is 0 Å². The number of morpholine rings is 1. The Morgan fingerprint density at radius 3 is 2.46 bits per heavy atom. The van der Waals surface area contributed by atoms with Crippen LogP contribution in [0.3, 0.4) is 0 Å². The van der Waals surface area contributed by atoms with Crippen LogP contribution in [0.4, 0.5) is 5.69 Å². The van der Waals surface area contributed by atoms with Crippen LogP contribution < -0.4 is 10.6 Å². The summed E-state index contributed by atoms with van der Waals surface area (Å²) in [5.74, 6) is -0.0312. The number of carbonyl (C=O) groups is 1. The van der Waals surface area contributed by atoms with Gasteiger partial charge >= 0.3 is 0 Å². The maximum Gasteiger partial charge on any atom is 0.248 e. The van der Waals surface area contributed by atoms with Crippen LogP contribution in [0.2, 0.25) is 0 Å². The number of benzene rings is 3. The van der Waals surface area contributed by atoms with Crippen LogP contribution in [0, 0.1) is 5.92 Å². The Morgan fingerprint density at radius 1 is 0.976 bits per heavy atom. The van der Waals surface area contributed by atoms with E-state index in [4.69, 9.17) is 20.3 Å². The van der Waals surface area contributed by atoms with Crippen molar-refractivity contribution in [2.45, 2.75) is 56.5 Å². The molecule has 0 radical (unpaired) electrons. The Kier molecular flexibility index (Phi) is 6.98. The van der Waals surface area contributed by atoms with Gasteiger partial charge in [-0.1, -0.05) is 42.5 Å². The SMILES string of the molecule is NC(=O)c1ccc2c(c1)c(-c1ccc(N3C4COCC3CC(O)C4)cc1)nn2CC1CCOC(c2ccccc2)C1. The Bertz CT molecular complexity index is 1520. The number of nitrogens with zero attached hydrogens (tertiary/aromatic N) is 3. The standard InChI is InChI=1S/C33H36N4O4/c34-33(39)24-8-11-30-29(15-24)32(35-36(30)18-21-12-13-41-31(14-21)22-4-2-1-3-5-22)23-6-9-25(10-7-23)37-26-16-28(38)17-27(37)20-40-19-26/h1-11,15,21,26-28,31,38H,12-14,16-20H2,(H2,34,39). The molecule has 3 aliphatic heterocycles. The number of aliphatic hydroxyl groups excluding tert-OH is 1. The van der Waals surface area contributed by atoms with E-state index >= 15 is 0 Å². The van der Waals surface area contributed by atoms with Gasteiger partial charge in [-0.3, -0.25) is 9.48 Å². The topological polar surface area (TPSA) is 103 Å². The van der Waals surface area contributed by atoms with Gasteiger partial charge in [-0.2, -0.15) is 5.10 Å². The number of fused-ring (bicyclic) bond motifs is 3. The molecular weight excluding hydrogens is 516 g/mol. The van der Waals surface area contributed by atoms with E-state index < -0.39 is 5.91 Å². The summed E-state index contributed by atoms with van der Waals surface area (Å²) >= 11 is 0. The number of primary amides is 1. The molecular formula is C33H36N4O4. The Balaban J connectivity index is 1.19. The molecule has 3 aromatic carbocycles. The summed E-state index contributed by atoms with van der Waals surface area (Å²) < 4.78 is 14.0. The summed E-state index contributed by atoms with van der Waals surface area (Å²) in [5.41, 5.74) is 11.3. The number of amides is 1. The first kappa shape index (κ1) is 26.2. The summed E-state index contributed by atoms with van der Waals surface area (Å²) in [6.45, 7) is 2.77. The fourth-order valence-electron chi connectivity index (χ4n) is 6.96. The highest BCUT2D eigenvalue weighted by Crippen LogP contribution is 2.37. The minimum Gasteiger partial charge on any atom is -0.393 e. The molecule has 4 atom stereocenters. The molecule has 1 amide bonds. The minimum absolute atomic E-state index is 0.0889. The zero-order valence-electron chi connectivity index (χ0n) is 23.1. The van der Waals surface area contributed by atoms with E-state index in [-0.39, 0.29) is 24.3 Å². The van der Waals surface area contributed by atoms with Gasteiger partial charge in [-0.15, -0.1) is 0 Å². The lowest BCUT2D eigenvalue weighted by molar-refractivity contribution is -0.0142. The third-order valence-electron chi connectivity index (χ3n) is 8.96. The van der Waals surface area contributed by atoms with Gasteiger partial charge in [0.25, 0.3) is 0 Å². The average molecular weight is 553 g/mol. The second-order valence-corrected chi connectivity index (χ2v) is 11.7. The van der Waals surface area contributed by atoms with Crippen LogP contribution >= 0.6 is 0 Å². The van der Waals surface area contributed by atoms with Crippen LogP contribution in [-0.4, -0.2) is 58.8 Å². The maximum atomic E-state index is 12.1. The van der Waals surface area contributed by atoms with E-state index in [0.29, 0.717) is 24.7 Å². The molecule has 3 aliphatic rings. The first-order valence-electron chi connectivity index (χ1n) is 14.6. The van der Waals surface area contributed by atoms with E-state index in [9.17, 15) is 9.90 Å². The van der Waals surface area contributed by atoms with E-state index in [0.717, 1.165) is 66.7 Å². The summed E-state index contributed by atoms with van der Waals surface area (Å²) in [4.78, 5) is 14.5. The molecule has 3 fully saturated rings. The molecule has 2 bridgehead atoms. The quantitative estimate of drug-likeness (QED) is 0.360. The van der Waals surface area contributed by atoms with E-state index in [1.807, 2.05) is 18.2 Å². The average Bonchev–Trinajstić information content (AvgIpc) is 3.35. The number of piperidine rings is 1. The van der Waals surface area contributed by atoms with Crippen molar-refractivity contribution in [1.82, 2.24) is 9.78 Å². The smallest absolute Gasteiger partial charge is 0.248 e. The summed E-state index contributed by atoms with van der Waals surface area (Å²) in [7, 11) is 0. The van der Waals surface area contributed by atoms with Crippen molar-refractivity contribution in [3.05, 3.63) is 83.9 Å². The molecule has 3 N–H and O–H groups in total. The van der Waals surface area contributed by atoms with E-state index in [1.54, 1.807) is 6.07 Å². The molecule has 1 aromatic heterocycles. The fraction of sp³-hybridized carbons (Fsp3) is 0.394. The van der Waals surface area contributed by atoms with Crippen molar-refractivity contribution in [2.24, 2.45) is 11.7 Å². The number of ether oxygens (including phenoxy) is 2. The highest BCUT2D eigenvalue weighted by atomic mass is 16.5. The summed E-state index contributed by atoms with van der Waals surface area (Å²) in [5, 5.41) is 16.3. The predicted octanol–water partition coefficient (Wildman–Crippen LogP) is 4.70. The van der Waals surface area contributed by atoms with Crippen molar-refractivity contribution in [3.63, 3.8) is 0 Å². The molecule has 8 nitrogen and oxygen atoms in total. The van der Waals surface area contributed by atoms with Gasteiger partial charge in [0.2, 0.25) is 5.91 Å². The maximum absolute atomic E-state index is 12.1. The molecule has 7 rings (SSSR count). The predicted molar refractivity (Wildman–Crippen MR) is 158 cm³/mol.